The highest BCUT2D eigenvalue weighted by Crippen LogP contribution is 2.29. The Morgan fingerprint density at radius 3 is 2.52 bits per heavy atom. The molecule has 2 amide bonds. The van der Waals surface area contributed by atoms with Crippen LogP contribution in [0, 0.1) is 11.7 Å². The normalized spacial score (nSPS) is 10.7. The number of rotatable bonds is 7. The summed E-state index contributed by atoms with van der Waals surface area (Å²) in [7, 11) is 0. The molecular formula is C21H21Cl2N5O2S. The minimum Gasteiger partial charge on any atom is -0.332 e. The zero-order valence-corrected chi connectivity index (χ0v) is 19.3. The molecule has 0 saturated carbocycles. The molecule has 10 heteroatoms. The van der Waals surface area contributed by atoms with E-state index in [1.54, 1.807) is 29.7 Å². The van der Waals surface area contributed by atoms with Gasteiger partial charge in [-0.15, -0.1) is 0 Å². The number of nitrogens with one attached hydrogen (secondary N) is 2. The highest BCUT2D eigenvalue weighted by molar-refractivity contribution is 7.71. The number of amides is 2. The van der Waals surface area contributed by atoms with E-state index in [0.29, 0.717) is 32.9 Å². The van der Waals surface area contributed by atoms with Crippen LogP contribution in [0.25, 0.3) is 11.4 Å². The Morgan fingerprint density at radius 2 is 1.87 bits per heavy atom. The molecule has 3 aromatic rings. The quantitative estimate of drug-likeness (QED) is 0.482. The molecule has 7 nitrogen and oxygen atoms in total. The topological polar surface area (TPSA) is 83.0 Å². The Kier molecular flexibility index (Phi) is 7.48. The zero-order chi connectivity index (χ0) is 22.5. The van der Waals surface area contributed by atoms with Crippen LogP contribution in [0.2, 0.25) is 10.0 Å². The Labute approximate surface area is 195 Å². The molecule has 0 radical (unpaired) electrons. The number of para-hydroxylation sites is 1. The van der Waals surface area contributed by atoms with Crippen molar-refractivity contribution in [2.24, 2.45) is 0 Å². The summed E-state index contributed by atoms with van der Waals surface area (Å²) < 4.78 is 1.95. The van der Waals surface area contributed by atoms with Crippen molar-refractivity contribution in [2.75, 3.05) is 18.4 Å². The van der Waals surface area contributed by atoms with Crippen LogP contribution in [-0.2, 0) is 16.1 Å². The monoisotopic (exact) mass is 477 g/mol. The number of likely N-dealkylation sites (N-methyl/N-ethyl adjacent to an activating group) is 1. The number of aryl methyl sites for hydroxylation is 1. The molecule has 0 saturated heterocycles. The molecule has 162 valence electrons. The van der Waals surface area contributed by atoms with Crippen molar-refractivity contribution in [3.8, 4) is 11.4 Å². The highest BCUT2D eigenvalue weighted by Gasteiger charge is 2.20. The van der Waals surface area contributed by atoms with Gasteiger partial charge in [0.2, 0.25) is 11.8 Å². The van der Waals surface area contributed by atoms with Crippen LogP contribution in [0.1, 0.15) is 12.5 Å². The maximum absolute atomic E-state index is 13.0. The van der Waals surface area contributed by atoms with Crippen molar-refractivity contribution in [2.45, 2.75) is 20.4 Å². The van der Waals surface area contributed by atoms with E-state index in [1.165, 1.54) is 4.90 Å². The summed E-state index contributed by atoms with van der Waals surface area (Å²) in [6.07, 6.45) is 0. The van der Waals surface area contributed by atoms with Gasteiger partial charge in [-0.2, -0.15) is 5.10 Å². The maximum atomic E-state index is 13.0. The second kappa shape index (κ2) is 10.1. The first-order chi connectivity index (χ1) is 14.8. The number of hydrogen-bond acceptors (Lipinski definition) is 4. The fourth-order valence-corrected chi connectivity index (χ4v) is 3.74. The van der Waals surface area contributed by atoms with Gasteiger partial charge < -0.3 is 10.2 Å². The van der Waals surface area contributed by atoms with E-state index in [2.05, 4.69) is 15.5 Å². The average Bonchev–Trinajstić information content (AvgIpc) is 3.09. The molecular weight excluding hydrogens is 457 g/mol. The van der Waals surface area contributed by atoms with E-state index >= 15 is 0 Å². The van der Waals surface area contributed by atoms with Gasteiger partial charge in [0.15, 0.2) is 10.6 Å². The van der Waals surface area contributed by atoms with Crippen LogP contribution in [0.3, 0.4) is 0 Å². The van der Waals surface area contributed by atoms with Crippen LogP contribution in [0.4, 0.5) is 5.69 Å². The molecule has 2 N–H and O–H groups in total. The first kappa shape index (κ1) is 23.0. The van der Waals surface area contributed by atoms with Crippen LogP contribution in [0.15, 0.2) is 42.5 Å². The summed E-state index contributed by atoms with van der Waals surface area (Å²) in [4.78, 5) is 26.9. The van der Waals surface area contributed by atoms with Crippen molar-refractivity contribution in [1.82, 2.24) is 19.7 Å². The van der Waals surface area contributed by atoms with Crippen LogP contribution < -0.4 is 5.32 Å². The lowest BCUT2D eigenvalue weighted by Gasteiger charge is -2.21. The molecule has 0 aliphatic heterocycles. The first-order valence-electron chi connectivity index (χ1n) is 9.54. The Morgan fingerprint density at radius 1 is 1.19 bits per heavy atom. The van der Waals surface area contributed by atoms with E-state index < -0.39 is 5.91 Å². The third kappa shape index (κ3) is 5.52. The Hall–Kier alpha value is -2.68. The predicted molar refractivity (Wildman–Crippen MR) is 125 cm³/mol. The molecule has 1 aromatic heterocycles. The average molecular weight is 478 g/mol. The molecule has 0 fully saturated rings. The summed E-state index contributed by atoms with van der Waals surface area (Å²) in [5.74, 6) is -0.111. The number of nitrogens with zero attached hydrogens (tertiary/aromatic N) is 3. The molecule has 0 aliphatic rings. The van der Waals surface area contributed by atoms with Crippen LogP contribution in [0.5, 0.6) is 0 Å². The van der Waals surface area contributed by atoms with Crippen LogP contribution in [-0.4, -0.2) is 44.6 Å². The van der Waals surface area contributed by atoms with Crippen LogP contribution >= 0.6 is 35.4 Å². The number of aromatic nitrogens is 3. The highest BCUT2D eigenvalue weighted by atomic mass is 35.5. The number of aromatic amines is 1. The third-order valence-corrected chi connectivity index (χ3v) is 5.57. The lowest BCUT2D eigenvalue weighted by Crippen LogP contribution is -2.39. The smallest absolute Gasteiger partial charge is 0.244 e. The number of anilines is 1. The van der Waals surface area contributed by atoms with Gasteiger partial charge >= 0.3 is 0 Å². The second-order valence-corrected chi connectivity index (χ2v) is 8.06. The number of carbonyl (C=O) groups excluding carboxylic acids is 2. The summed E-state index contributed by atoms with van der Waals surface area (Å²) in [5.41, 5.74) is 2.22. The van der Waals surface area contributed by atoms with E-state index in [1.807, 2.05) is 31.2 Å². The summed E-state index contributed by atoms with van der Waals surface area (Å²) in [6, 6.07) is 12.7. The predicted octanol–water partition coefficient (Wildman–Crippen LogP) is 4.71. The van der Waals surface area contributed by atoms with Gasteiger partial charge in [0.1, 0.15) is 6.54 Å². The Bertz CT molecular complexity index is 1150. The van der Waals surface area contributed by atoms with E-state index in [9.17, 15) is 9.59 Å². The molecule has 0 unspecified atom stereocenters. The van der Waals surface area contributed by atoms with Crippen molar-refractivity contribution >= 4 is 52.9 Å². The van der Waals surface area contributed by atoms with E-state index in [-0.39, 0.29) is 19.0 Å². The summed E-state index contributed by atoms with van der Waals surface area (Å²) in [5, 5.41) is 10.3. The van der Waals surface area contributed by atoms with Gasteiger partial charge in [0.05, 0.1) is 22.3 Å². The molecule has 0 atom stereocenters. The number of H-pyrrole nitrogens is 1. The largest absolute Gasteiger partial charge is 0.332 e. The van der Waals surface area contributed by atoms with Gasteiger partial charge in [-0.05, 0) is 44.3 Å². The minimum atomic E-state index is -0.403. The molecule has 2 aromatic carbocycles. The second-order valence-electron chi connectivity index (χ2n) is 6.86. The van der Waals surface area contributed by atoms with Gasteiger partial charge in [-0.1, -0.05) is 53.0 Å². The number of benzene rings is 2. The maximum Gasteiger partial charge on any atom is 0.244 e. The van der Waals surface area contributed by atoms with E-state index in [4.69, 9.17) is 35.4 Å². The fraction of sp³-hybridized carbons (Fsp3) is 0.238. The number of carbonyl (C=O) groups is 2. The standard InChI is InChI=1S/C21H21Cl2N5O2S/c1-3-27(11-17(29)24-19-15(22)8-5-9-16(19)23)18(30)12-28-20(25-26-21(28)31)14-7-4-6-13(2)10-14/h4-10H,3,11-12H2,1-2H3,(H,24,29)(H,26,31). The fourth-order valence-electron chi connectivity index (χ4n) is 3.05. The van der Waals surface area contributed by atoms with E-state index in [0.717, 1.165) is 11.1 Å². The molecule has 0 spiro atoms. The lowest BCUT2D eigenvalue weighted by molar-refractivity contribution is -0.135. The summed E-state index contributed by atoms with van der Waals surface area (Å²) in [6.45, 7) is 3.91. The van der Waals surface area contributed by atoms with Crippen molar-refractivity contribution < 1.29 is 9.59 Å². The van der Waals surface area contributed by atoms with Crippen molar-refractivity contribution in [3.05, 3.63) is 62.8 Å². The minimum absolute atomic E-state index is 0.0490. The Balaban J connectivity index is 1.74. The number of hydrogen-bond donors (Lipinski definition) is 2. The third-order valence-electron chi connectivity index (χ3n) is 4.62. The molecule has 0 aliphatic carbocycles. The molecule has 31 heavy (non-hydrogen) atoms. The van der Waals surface area contributed by atoms with Crippen molar-refractivity contribution in [1.29, 1.82) is 0 Å². The van der Waals surface area contributed by atoms with Gasteiger partial charge in [0, 0.05) is 12.1 Å². The van der Waals surface area contributed by atoms with Crippen molar-refractivity contribution in [3.63, 3.8) is 0 Å². The SMILES string of the molecule is CCN(CC(=O)Nc1c(Cl)cccc1Cl)C(=O)Cn1c(-c2cccc(C)c2)n[nH]c1=S. The molecule has 0 bridgehead atoms. The van der Waals surface area contributed by atoms with Gasteiger partial charge in [0.25, 0.3) is 0 Å². The first-order valence-corrected chi connectivity index (χ1v) is 10.7. The molecule has 3 rings (SSSR count). The zero-order valence-electron chi connectivity index (χ0n) is 17.0. The van der Waals surface area contributed by atoms with Gasteiger partial charge in [-0.3, -0.25) is 19.3 Å². The lowest BCUT2D eigenvalue weighted by atomic mass is 10.1. The molecule has 1 heterocycles. The summed E-state index contributed by atoms with van der Waals surface area (Å²) >= 11 is 17.5. The number of halogens is 2. The van der Waals surface area contributed by atoms with Gasteiger partial charge in [-0.25, -0.2) is 0 Å².